The number of primary amides is 1. The van der Waals surface area contributed by atoms with Gasteiger partial charge in [0.2, 0.25) is 5.91 Å². The molecule has 1 unspecified atom stereocenters. The van der Waals surface area contributed by atoms with Crippen molar-refractivity contribution in [3.63, 3.8) is 0 Å². The van der Waals surface area contributed by atoms with Gasteiger partial charge in [-0.25, -0.2) is 0 Å². The molecule has 7 nitrogen and oxygen atoms in total. The number of rotatable bonds is 9. The van der Waals surface area contributed by atoms with Crippen LogP contribution >= 0.6 is 0 Å². The number of hydrogen-bond donors (Lipinski definition) is 2. The van der Waals surface area contributed by atoms with Gasteiger partial charge >= 0.3 is 0 Å². The zero-order valence-electron chi connectivity index (χ0n) is 15.8. The predicted molar refractivity (Wildman–Crippen MR) is 105 cm³/mol. The minimum absolute atomic E-state index is 0.00900. The summed E-state index contributed by atoms with van der Waals surface area (Å²) >= 11 is 0. The maximum absolute atomic E-state index is 11.3. The predicted octanol–water partition coefficient (Wildman–Crippen LogP) is 3.91. The van der Waals surface area contributed by atoms with Gasteiger partial charge in [0.15, 0.2) is 0 Å². The van der Waals surface area contributed by atoms with Gasteiger partial charge in [-0.2, -0.15) is 0 Å². The number of anilines is 1. The Hall–Kier alpha value is -3.09. The van der Waals surface area contributed by atoms with Crippen LogP contribution in [0.2, 0.25) is 0 Å². The third kappa shape index (κ3) is 5.99. The second kappa shape index (κ2) is 9.02. The largest absolute Gasteiger partial charge is 0.491 e. The Kier molecular flexibility index (Phi) is 6.76. The molecule has 27 heavy (non-hydrogen) atoms. The third-order valence-corrected chi connectivity index (χ3v) is 4.04. The van der Waals surface area contributed by atoms with Crippen molar-refractivity contribution in [3.8, 4) is 5.75 Å². The minimum Gasteiger partial charge on any atom is -0.491 e. The fraction of sp³-hybridized carbons (Fsp3) is 0.350. The molecule has 1 amide bonds. The van der Waals surface area contributed by atoms with Crippen LogP contribution in [0.3, 0.4) is 0 Å². The molecule has 7 heteroatoms. The van der Waals surface area contributed by atoms with Crippen LogP contribution in [0.15, 0.2) is 42.5 Å². The molecule has 0 aliphatic heterocycles. The zero-order chi connectivity index (χ0) is 20.0. The second-order valence-corrected chi connectivity index (χ2v) is 6.75. The van der Waals surface area contributed by atoms with E-state index in [1.54, 1.807) is 0 Å². The highest BCUT2D eigenvalue weighted by molar-refractivity contribution is 5.94. The second-order valence-electron chi connectivity index (χ2n) is 6.75. The molecule has 2 aromatic carbocycles. The fourth-order valence-electron chi connectivity index (χ4n) is 2.69. The highest BCUT2D eigenvalue weighted by Crippen LogP contribution is 2.27. The molecular formula is C20H25N3O4. The van der Waals surface area contributed by atoms with E-state index in [9.17, 15) is 14.9 Å². The molecule has 144 valence electrons. The molecule has 0 aliphatic rings. The number of nitrogens with zero attached hydrogens (tertiary/aromatic N) is 1. The van der Waals surface area contributed by atoms with Crippen molar-refractivity contribution in [2.75, 3.05) is 5.32 Å². The Morgan fingerprint density at radius 1 is 1.19 bits per heavy atom. The van der Waals surface area contributed by atoms with Crippen molar-refractivity contribution < 1.29 is 14.5 Å². The number of ether oxygens (including phenoxy) is 1. The average molecular weight is 371 g/mol. The van der Waals surface area contributed by atoms with Crippen molar-refractivity contribution in [1.29, 1.82) is 0 Å². The number of nitro benzene ring substituents is 1. The van der Waals surface area contributed by atoms with Gasteiger partial charge in [-0.15, -0.1) is 0 Å². The lowest BCUT2D eigenvalue weighted by atomic mass is 10.1. The fourth-order valence-corrected chi connectivity index (χ4v) is 2.69. The number of hydrogen-bond acceptors (Lipinski definition) is 5. The van der Waals surface area contributed by atoms with Gasteiger partial charge in [-0.3, -0.25) is 14.9 Å². The molecule has 0 saturated carbocycles. The van der Waals surface area contributed by atoms with Gasteiger partial charge in [0.05, 0.1) is 11.0 Å². The molecule has 0 saturated heterocycles. The first-order valence-electron chi connectivity index (χ1n) is 8.86. The van der Waals surface area contributed by atoms with Gasteiger partial charge in [-0.05, 0) is 63.4 Å². The molecule has 2 aromatic rings. The van der Waals surface area contributed by atoms with Crippen LogP contribution in [0.25, 0.3) is 0 Å². The number of nitrogens with one attached hydrogen (secondary N) is 1. The van der Waals surface area contributed by atoms with E-state index >= 15 is 0 Å². The van der Waals surface area contributed by atoms with Crippen LogP contribution in [0.4, 0.5) is 11.4 Å². The topological polar surface area (TPSA) is 107 Å². The zero-order valence-corrected chi connectivity index (χ0v) is 15.8. The van der Waals surface area contributed by atoms with Crippen LogP contribution in [-0.4, -0.2) is 23.0 Å². The van der Waals surface area contributed by atoms with Crippen LogP contribution in [0.5, 0.6) is 5.75 Å². The monoisotopic (exact) mass is 371 g/mol. The minimum atomic E-state index is -0.692. The summed E-state index contributed by atoms with van der Waals surface area (Å²) in [4.78, 5) is 22.0. The molecule has 0 aromatic heterocycles. The van der Waals surface area contributed by atoms with Crippen LogP contribution in [0, 0.1) is 10.1 Å². The normalized spacial score (nSPS) is 11.9. The van der Waals surface area contributed by atoms with E-state index in [1.165, 1.54) is 23.8 Å². The molecule has 3 N–H and O–H groups in total. The molecule has 0 aliphatic carbocycles. The molecular weight excluding hydrogens is 346 g/mol. The van der Waals surface area contributed by atoms with E-state index in [0.29, 0.717) is 5.69 Å². The van der Waals surface area contributed by atoms with Crippen molar-refractivity contribution in [3.05, 3.63) is 63.7 Å². The maximum Gasteiger partial charge on any atom is 0.293 e. The van der Waals surface area contributed by atoms with Crippen LogP contribution in [-0.2, 0) is 6.42 Å². The van der Waals surface area contributed by atoms with Crippen molar-refractivity contribution in [2.45, 2.75) is 45.8 Å². The Morgan fingerprint density at radius 3 is 2.41 bits per heavy atom. The summed E-state index contributed by atoms with van der Waals surface area (Å²) in [6.07, 6.45) is 1.75. The lowest BCUT2D eigenvalue weighted by molar-refractivity contribution is -0.384. The average Bonchev–Trinajstić information content (AvgIpc) is 2.60. The first-order chi connectivity index (χ1) is 12.8. The van der Waals surface area contributed by atoms with Gasteiger partial charge < -0.3 is 15.8 Å². The van der Waals surface area contributed by atoms with E-state index in [1.807, 2.05) is 45.0 Å². The van der Waals surface area contributed by atoms with Gasteiger partial charge in [-0.1, -0.05) is 12.1 Å². The maximum atomic E-state index is 11.3. The molecule has 0 bridgehead atoms. The standard InChI is InChI=1S/C20H25N3O4/c1-13(2)27-17-9-6-15(7-10-17)5-4-14(3)22-18-11-8-16(20(21)24)12-19(18)23(25)26/h6-14,22H,4-5H2,1-3H3,(H2,21,24). The van der Waals surface area contributed by atoms with E-state index < -0.39 is 10.8 Å². The summed E-state index contributed by atoms with van der Waals surface area (Å²) in [6, 6.07) is 12.1. The molecule has 0 heterocycles. The summed E-state index contributed by atoms with van der Waals surface area (Å²) in [5.74, 6) is 0.146. The highest BCUT2D eigenvalue weighted by atomic mass is 16.6. The van der Waals surface area contributed by atoms with Crippen LogP contribution < -0.4 is 15.8 Å². The number of benzene rings is 2. The molecule has 0 radical (unpaired) electrons. The third-order valence-electron chi connectivity index (χ3n) is 4.04. The van der Waals surface area contributed by atoms with Crippen LogP contribution in [0.1, 0.15) is 43.1 Å². The number of nitrogens with two attached hydrogens (primary N) is 1. The first kappa shape index (κ1) is 20.2. The molecule has 1 atom stereocenters. The summed E-state index contributed by atoms with van der Waals surface area (Å²) < 4.78 is 5.63. The van der Waals surface area contributed by atoms with E-state index in [4.69, 9.17) is 10.5 Å². The number of nitro groups is 1. The van der Waals surface area contributed by atoms with Gasteiger partial charge in [0.1, 0.15) is 11.4 Å². The summed E-state index contributed by atoms with van der Waals surface area (Å²) in [7, 11) is 0. The van der Waals surface area contributed by atoms with E-state index in [-0.39, 0.29) is 23.4 Å². The van der Waals surface area contributed by atoms with E-state index in [2.05, 4.69) is 5.32 Å². The summed E-state index contributed by atoms with van der Waals surface area (Å²) in [5, 5.41) is 14.4. The smallest absolute Gasteiger partial charge is 0.293 e. The SMILES string of the molecule is CC(CCc1ccc(OC(C)C)cc1)Nc1ccc(C(N)=O)cc1[N+](=O)[O-]. The number of carbonyl (C=O) groups excluding carboxylic acids is 1. The van der Waals surface area contributed by atoms with Crippen molar-refractivity contribution in [1.82, 2.24) is 0 Å². The van der Waals surface area contributed by atoms with Crippen molar-refractivity contribution in [2.24, 2.45) is 5.73 Å². The Bertz CT molecular complexity index is 803. The number of aryl methyl sites for hydroxylation is 1. The molecule has 2 rings (SSSR count). The Morgan fingerprint density at radius 2 is 1.85 bits per heavy atom. The first-order valence-corrected chi connectivity index (χ1v) is 8.86. The lowest BCUT2D eigenvalue weighted by Gasteiger charge is -2.16. The molecule has 0 spiro atoms. The van der Waals surface area contributed by atoms with E-state index in [0.717, 1.165) is 18.6 Å². The quantitative estimate of drug-likeness (QED) is 0.513. The highest BCUT2D eigenvalue weighted by Gasteiger charge is 2.18. The summed E-state index contributed by atoms with van der Waals surface area (Å²) in [5.41, 5.74) is 6.69. The Labute approximate surface area is 158 Å². The van der Waals surface area contributed by atoms with Crippen molar-refractivity contribution >= 4 is 17.3 Å². The summed E-state index contributed by atoms with van der Waals surface area (Å²) in [6.45, 7) is 5.93. The number of carbonyl (C=O) groups is 1. The number of amides is 1. The lowest BCUT2D eigenvalue weighted by Crippen LogP contribution is -2.18. The van der Waals surface area contributed by atoms with Gasteiger partial charge in [0.25, 0.3) is 5.69 Å². The molecule has 0 fully saturated rings. The Balaban J connectivity index is 1.98. The van der Waals surface area contributed by atoms with Gasteiger partial charge in [0, 0.05) is 17.7 Å².